The summed E-state index contributed by atoms with van der Waals surface area (Å²) >= 11 is 13.4. The van der Waals surface area contributed by atoms with E-state index in [2.05, 4.69) is 29.2 Å². The van der Waals surface area contributed by atoms with E-state index < -0.39 is 7.14 Å². The van der Waals surface area contributed by atoms with Crippen molar-refractivity contribution in [3.05, 3.63) is 106 Å². The summed E-state index contributed by atoms with van der Waals surface area (Å²) in [4.78, 5) is 2.35. The van der Waals surface area contributed by atoms with Gasteiger partial charge in [-0.1, -0.05) is 89.9 Å². The summed E-state index contributed by atoms with van der Waals surface area (Å²) in [5.41, 5.74) is 2.99. The molecule has 0 spiro atoms. The summed E-state index contributed by atoms with van der Waals surface area (Å²) in [6, 6.07) is 25.9. The van der Waals surface area contributed by atoms with Crippen LogP contribution in [0.4, 0.5) is 0 Å². The van der Waals surface area contributed by atoms with Crippen molar-refractivity contribution in [2.24, 2.45) is 0 Å². The van der Waals surface area contributed by atoms with Crippen molar-refractivity contribution in [3.8, 4) is 0 Å². The Morgan fingerprint density at radius 3 is 1.67 bits per heavy atom. The number of likely N-dealkylation sites (tertiary alicyclic amines) is 1. The number of hydrogen-bond donors (Lipinski definition) is 0. The maximum Gasteiger partial charge on any atom is 0.117 e. The van der Waals surface area contributed by atoms with Crippen LogP contribution in [-0.2, 0) is 16.9 Å². The van der Waals surface area contributed by atoms with Crippen LogP contribution < -0.4 is 0 Å². The Kier molecular flexibility index (Phi) is 7.01. The first-order valence-corrected chi connectivity index (χ1v) is 13.3. The summed E-state index contributed by atoms with van der Waals surface area (Å²) in [5.74, 6) is -0.290. The molecule has 0 saturated carbocycles. The first-order chi connectivity index (χ1) is 14.6. The van der Waals surface area contributed by atoms with Crippen LogP contribution >= 0.6 is 30.3 Å². The fourth-order valence-electron chi connectivity index (χ4n) is 4.47. The third kappa shape index (κ3) is 4.84. The Balaban J connectivity index is 1.85. The lowest BCUT2D eigenvalue weighted by atomic mass is 10.2. The molecule has 1 aliphatic rings. The van der Waals surface area contributed by atoms with Crippen LogP contribution in [0.2, 0.25) is 10.0 Å². The van der Waals surface area contributed by atoms with E-state index in [1.165, 1.54) is 0 Å². The fourth-order valence-corrected chi connectivity index (χ4v) is 8.92. The molecule has 1 unspecified atom stereocenters. The molecule has 1 fully saturated rings. The van der Waals surface area contributed by atoms with Crippen LogP contribution in [0.5, 0.6) is 0 Å². The number of rotatable bonds is 7. The molecular weight excluding hydrogens is 432 g/mol. The average molecular weight is 458 g/mol. The minimum Gasteiger partial charge on any atom is -0.321 e. The molecule has 156 valence electrons. The molecule has 2 nitrogen and oxygen atoms in total. The monoisotopic (exact) mass is 457 g/mol. The second-order valence-electron chi connectivity index (χ2n) is 7.99. The molecule has 0 aliphatic carbocycles. The lowest BCUT2D eigenvalue weighted by molar-refractivity contribution is 0.306. The van der Waals surface area contributed by atoms with E-state index in [4.69, 9.17) is 23.2 Å². The predicted octanol–water partition coefficient (Wildman–Crippen LogP) is 7.85. The van der Waals surface area contributed by atoms with Gasteiger partial charge in [-0.15, -0.1) is 0 Å². The maximum absolute atomic E-state index is 15.0. The van der Waals surface area contributed by atoms with Gasteiger partial charge < -0.3 is 4.57 Å². The van der Waals surface area contributed by atoms with E-state index in [0.717, 1.165) is 42.6 Å². The van der Waals surface area contributed by atoms with Crippen molar-refractivity contribution in [3.63, 3.8) is 0 Å². The number of nitrogens with zero attached hydrogens (tertiary/aromatic N) is 1. The first-order valence-electron chi connectivity index (χ1n) is 10.4. The van der Waals surface area contributed by atoms with Crippen LogP contribution in [0.3, 0.4) is 0 Å². The van der Waals surface area contributed by atoms with E-state index in [1.807, 2.05) is 54.6 Å². The van der Waals surface area contributed by atoms with Gasteiger partial charge in [-0.05, 0) is 49.2 Å². The molecule has 4 rings (SSSR count). The zero-order chi connectivity index (χ0) is 21.0. The fraction of sp³-hybridized carbons (Fsp3) is 0.280. The summed E-state index contributed by atoms with van der Waals surface area (Å²) in [6.07, 6.45) is 3.25. The van der Waals surface area contributed by atoms with Gasteiger partial charge in [0.05, 0.1) is 5.78 Å². The third-order valence-corrected chi connectivity index (χ3v) is 9.71. The molecule has 1 heterocycles. The Morgan fingerprint density at radius 1 is 0.733 bits per heavy atom. The number of hydrogen-bond acceptors (Lipinski definition) is 2. The molecule has 0 amide bonds. The van der Waals surface area contributed by atoms with Gasteiger partial charge in [0.2, 0.25) is 0 Å². The van der Waals surface area contributed by atoms with Gasteiger partial charge >= 0.3 is 0 Å². The lowest BCUT2D eigenvalue weighted by Crippen LogP contribution is -2.27. The lowest BCUT2D eigenvalue weighted by Gasteiger charge is -2.36. The van der Waals surface area contributed by atoms with E-state index in [-0.39, 0.29) is 5.78 Å². The molecule has 0 N–H and O–H groups in total. The number of halogens is 2. The van der Waals surface area contributed by atoms with Crippen LogP contribution in [0.25, 0.3) is 0 Å². The van der Waals surface area contributed by atoms with Gasteiger partial charge in [-0.25, -0.2) is 0 Å². The zero-order valence-corrected chi connectivity index (χ0v) is 19.3. The summed E-state index contributed by atoms with van der Waals surface area (Å²) in [6.45, 7) is 1.83. The second kappa shape index (κ2) is 9.71. The SMILES string of the molecule is O=P(Cc1ccccc1)(Cc1ccccc1)C(c1c(Cl)cccc1Cl)N1CCCC1. The second-order valence-corrected chi connectivity index (χ2v) is 11.8. The molecule has 1 saturated heterocycles. The molecule has 0 radical (unpaired) electrons. The smallest absolute Gasteiger partial charge is 0.117 e. The Morgan fingerprint density at radius 2 is 1.20 bits per heavy atom. The largest absolute Gasteiger partial charge is 0.321 e. The van der Waals surface area contributed by atoms with Gasteiger partial charge in [0.1, 0.15) is 7.14 Å². The highest BCUT2D eigenvalue weighted by Gasteiger charge is 2.41. The third-order valence-electron chi connectivity index (χ3n) is 5.78. The van der Waals surface area contributed by atoms with Gasteiger partial charge in [-0.2, -0.15) is 0 Å². The Hall–Kier alpha value is -1.57. The standard InChI is InChI=1S/C25H26Cl2NOP/c26-22-14-9-15-23(27)24(22)25(28-16-7-8-17-28)30(29,18-20-10-3-1-4-11-20)19-21-12-5-2-6-13-21/h1-6,9-15,25H,7-8,16-19H2. The highest BCUT2D eigenvalue weighted by molar-refractivity contribution is 7.62. The molecule has 1 atom stereocenters. The molecule has 0 aromatic heterocycles. The molecule has 3 aromatic rings. The van der Waals surface area contributed by atoms with Crippen molar-refractivity contribution < 1.29 is 4.57 Å². The molecule has 0 bridgehead atoms. The minimum atomic E-state index is -2.84. The summed E-state index contributed by atoms with van der Waals surface area (Å²) < 4.78 is 15.0. The van der Waals surface area contributed by atoms with Crippen LogP contribution in [0.1, 0.15) is 35.3 Å². The normalized spacial score (nSPS) is 15.9. The van der Waals surface area contributed by atoms with Crippen LogP contribution in [0, 0.1) is 0 Å². The van der Waals surface area contributed by atoms with Crippen molar-refractivity contribution >= 4 is 30.3 Å². The molecule has 1 aliphatic heterocycles. The molecule has 5 heteroatoms. The van der Waals surface area contributed by atoms with Gasteiger partial charge in [0.25, 0.3) is 0 Å². The average Bonchev–Trinajstić information content (AvgIpc) is 3.26. The zero-order valence-electron chi connectivity index (χ0n) is 16.9. The summed E-state index contributed by atoms with van der Waals surface area (Å²) in [5, 5.41) is 1.20. The van der Waals surface area contributed by atoms with Gasteiger partial charge in [0.15, 0.2) is 0 Å². The first kappa shape index (κ1) is 21.7. The quantitative estimate of drug-likeness (QED) is 0.336. The highest BCUT2D eigenvalue weighted by atomic mass is 35.5. The summed E-state index contributed by atoms with van der Waals surface area (Å²) in [7, 11) is -2.84. The molecule has 30 heavy (non-hydrogen) atoms. The Labute approximate surface area is 189 Å². The van der Waals surface area contributed by atoms with Crippen molar-refractivity contribution in [2.75, 3.05) is 13.1 Å². The van der Waals surface area contributed by atoms with Gasteiger partial charge in [0, 0.05) is 27.9 Å². The Bertz CT molecular complexity index is 954. The van der Waals surface area contributed by atoms with Crippen molar-refractivity contribution in [2.45, 2.75) is 30.9 Å². The van der Waals surface area contributed by atoms with E-state index in [1.54, 1.807) is 0 Å². The van der Waals surface area contributed by atoms with Crippen molar-refractivity contribution in [1.82, 2.24) is 4.90 Å². The topological polar surface area (TPSA) is 20.3 Å². The predicted molar refractivity (Wildman–Crippen MR) is 128 cm³/mol. The highest BCUT2D eigenvalue weighted by Crippen LogP contribution is 2.66. The van der Waals surface area contributed by atoms with E-state index in [9.17, 15) is 4.57 Å². The van der Waals surface area contributed by atoms with Crippen molar-refractivity contribution in [1.29, 1.82) is 0 Å². The van der Waals surface area contributed by atoms with Gasteiger partial charge in [-0.3, -0.25) is 4.90 Å². The molecular formula is C25H26Cl2NOP. The van der Waals surface area contributed by atoms with Crippen LogP contribution in [-0.4, -0.2) is 18.0 Å². The van der Waals surface area contributed by atoms with E-state index >= 15 is 0 Å². The minimum absolute atomic E-state index is 0.290. The molecule has 3 aromatic carbocycles. The van der Waals surface area contributed by atoms with Crippen LogP contribution in [0.15, 0.2) is 78.9 Å². The maximum atomic E-state index is 15.0. The number of benzene rings is 3. The van der Waals surface area contributed by atoms with E-state index in [0.29, 0.717) is 22.4 Å².